The van der Waals surface area contributed by atoms with Gasteiger partial charge in [0.1, 0.15) is 0 Å². The first-order valence-electron chi connectivity index (χ1n) is 13.5. The molecule has 0 aromatic rings. The van der Waals surface area contributed by atoms with Crippen molar-refractivity contribution in [3.63, 3.8) is 0 Å². The van der Waals surface area contributed by atoms with Crippen molar-refractivity contribution in [2.45, 2.75) is 103 Å². The summed E-state index contributed by atoms with van der Waals surface area (Å²) < 4.78 is 5.76. The molecule has 0 unspecified atom stereocenters. The molecule has 192 valence electrons. The minimum absolute atomic E-state index is 0.306. The fraction of sp³-hybridized carbons (Fsp3) is 0.733. The SMILES string of the molecule is C=C1/C(=C\C=C2/CCC[C@]3(C)[C@@H]([C@H](C)/C=C\COCC(O)(CC)CC)CC[C@@H]23)C[C@@H](O)C[C@@H]1O. The van der Waals surface area contributed by atoms with Gasteiger partial charge in [0, 0.05) is 6.42 Å². The van der Waals surface area contributed by atoms with Crippen molar-refractivity contribution in [1.29, 1.82) is 0 Å². The summed E-state index contributed by atoms with van der Waals surface area (Å²) in [6.07, 6.45) is 16.3. The standard InChI is InChI=1S/C30H48O4/c1-6-30(33,7-2)20-34-17-9-10-21(3)26-14-15-27-23(11-8-16-29(26,27)5)12-13-24-18-25(31)19-28(32)22(24)4/h9-10,12-13,21,25-28,31-33H,4,6-8,11,14-20H2,1-3,5H3/b10-9-,23-12+,24-13-/t21-,25-,26-,27+,28+,29-/m1/s1. The fourth-order valence-corrected chi connectivity index (χ4v) is 6.78. The number of fused-ring (bicyclic) bond motifs is 1. The molecule has 0 bridgehead atoms. The Hall–Kier alpha value is -1.20. The van der Waals surface area contributed by atoms with Gasteiger partial charge in [0.15, 0.2) is 0 Å². The molecular weight excluding hydrogens is 424 g/mol. The van der Waals surface area contributed by atoms with Crippen LogP contribution in [0.25, 0.3) is 0 Å². The van der Waals surface area contributed by atoms with Crippen molar-refractivity contribution in [2.75, 3.05) is 13.2 Å². The lowest BCUT2D eigenvalue weighted by molar-refractivity contribution is -0.0447. The Kier molecular flexibility index (Phi) is 9.42. The molecule has 0 heterocycles. The maximum Gasteiger partial charge on any atom is 0.0875 e. The van der Waals surface area contributed by atoms with Crippen LogP contribution in [0.2, 0.25) is 0 Å². The predicted molar refractivity (Wildman–Crippen MR) is 139 cm³/mol. The van der Waals surface area contributed by atoms with Gasteiger partial charge in [0.05, 0.1) is 31.0 Å². The second kappa shape index (κ2) is 11.7. The van der Waals surface area contributed by atoms with Crippen molar-refractivity contribution in [3.8, 4) is 0 Å². The molecule has 34 heavy (non-hydrogen) atoms. The van der Waals surface area contributed by atoms with E-state index in [-0.39, 0.29) is 0 Å². The highest BCUT2D eigenvalue weighted by Crippen LogP contribution is 2.59. The lowest BCUT2D eigenvalue weighted by Gasteiger charge is -2.44. The molecule has 3 N–H and O–H groups in total. The number of aliphatic hydroxyl groups is 3. The first-order valence-corrected chi connectivity index (χ1v) is 13.5. The molecular formula is C30H48O4. The first kappa shape index (κ1) is 27.4. The minimum atomic E-state index is -0.702. The van der Waals surface area contributed by atoms with Gasteiger partial charge in [-0.05, 0) is 85.7 Å². The van der Waals surface area contributed by atoms with Crippen LogP contribution in [0, 0.1) is 23.2 Å². The van der Waals surface area contributed by atoms with E-state index in [2.05, 4.69) is 44.7 Å². The van der Waals surface area contributed by atoms with Gasteiger partial charge in [-0.25, -0.2) is 0 Å². The zero-order valence-electron chi connectivity index (χ0n) is 21.9. The van der Waals surface area contributed by atoms with Crippen LogP contribution in [-0.4, -0.2) is 46.3 Å². The summed E-state index contributed by atoms with van der Waals surface area (Å²) in [5.74, 6) is 1.75. The van der Waals surface area contributed by atoms with Gasteiger partial charge < -0.3 is 20.1 Å². The van der Waals surface area contributed by atoms with Crippen LogP contribution in [0.3, 0.4) is 0 Å². The average molecular weight is 473 g/mol. The highest BCUT2D eigenvalue weighted by molar-refractivity contribution is 5.38. The minimum Gasteiger partial charge on any atom is -0.393 e. The van der Waals surface area contributed by atoms with E-state index in [0.29, 0.717) is 62.1 Å². The maximum atomic E-state index is 10.4. The number of hydrogen-bond donors (Lipinski definition) is 3. The Balaban J connectivity index is 1.63. The third-order valence-electron chi connectivity index (χ3n) is 9.28. The zero-order chi connectivity index (χ0) is 24.9. The van der Waals surface area contributed by atoms with Crippen LogP contribution in [0.4, 0.5) is 0 Å². The van der Waals surface area contributed by atoms with E-state index in [1.807, 2.05) is 13.8 Å². The zero-order valence-corrected chi connectivity index (χ0v) is 21.9. The van der Waals surface area contributed by atoms with Gasteiger partial charge in [0.2, 0.25) is 0 Å². The highest BCUT2D eigenvalue weighted by atomic mass is 16.5. The largest absolute Gasteiger partial charge is 0.393 e. The van der Waals surface area contributed by atoms with E-state index < -0.39 is 17.8 Å². The van der Waals surface area contributed by atoms with Crippen molar-refractivity contribution >= 4 is 0 Å². The second-order valence-corrected chi connectivity index (χ2v) is 11.4. The number of hydrogen-bond acceptors (Lipinski definition) is 4. The van der Waals surface area contributed by atoms with Crippen molar-refractivity contribution in [1.82, 2.24) is 0 Å². The van der Waals surface area contributed by atoms with E-state index in [0.717, 1.165) is 17.6 Å². The van der Waals surface area contributed by atoms with Crippen molar-refractivity contribution < 1.29 is 20.1 Å². The molecule has 3 aliphatic rings. The number of aliphatic hydroxyl groups excluding tert-OH is 2. The number of allylic oxidation sites excluding steroid dienone is 4. The maximum absolute atomic E-state index is 10.4. The molecule has 0 aromatic carbocycles. The summed E-state index contributed by atoms with van der Waals surface area (Å²) in [4.78, 5) is 0. The predicted octanol–water partition coefficient (Wildman–Crippen LogP) is 5.89. The molecule has 4 nitrogen and oxygen atoms in total. The lowest BCUT2D eigenvalue weighted by atomic mass is 9.61. The summed E-state index contributed by atoms with van der Waals surface area (Å²) in [6, 6.07) is 0. The first-order chi connectivity index (χ1) is 16.1. The molecule has 0 radical (unpaired) electrons. The Morgan fingerprint density at radius 3 is 2.65 bits per heavy atom. The molecule has 3 aliphatic carbocycles. The van der Waals surface area contributed by atoms with Gasteiger partial charge in [-0.3, -0.25) is 0 Å². The summed E-state index contributed by atoms with van der Waals surface area (Å²) in [7, 11) is 0. The topological polar surface area (TPSA) is 69.9 Å². The molecule has 3 rings (SSSR count). The smallest absolute Gasteiger partial charge is 0.0875 e. The Morgan fingerprint density at radius 2 is 1.94 bits per heavy atom. The van der Waals surface area contributed by atoms with Gasteiger partial charge in [-0.15, -0.1) is 0 Å². The second-order valence-electron chi connectivity index (χ2n) is 11.4. The van der Waals surface area contributed by atoms with Gasteiger partial charge in [-0.1, -0.05) is 64.2 Å². The van der Waals surface area contributed by atoms with Crippen LogP contribution in [0.1, 0.15) is 85.5 Å². The van der Waals surface area contributed by atoms with Crippen LogP contribution in [0.5, 0.6) is 0 Å². The highest BCUT2D eigenvalue weighted by Gasteiger charge is 2.50. The monoisotopic (exact) mass is 472 g/mol. The summed E-state index contributed by atoms with van der Waals surface area (Å²) in [5, 5.41) is 30.6. The van der Waals surface area contributed by atoms with Gasteiger partial charge >= 0.3 is 0 Å². The van der Waals surface area contributed by atoms with Crippen molar-refractivity contribution in [3.05, 3.63) is 47.6 Å². The molecule has 4 heteroatoms. The molecule has 0 amide bonds. The van der Waals surface area contributed by atoms with E-state index in [9.17, 15) is 15.3 Å². The molecule has 6 atom stereocenters. The lowest BCUT2D eigenvalue weighted by Crippen LogP contribution is -2.35. The summed E-state index contributed by atoms with van der Waals surface area (Å²) >= 11 is 0. The molecule has 3 fully saturated rings. The van der Waals surface area contributed by atoms with Crippen LogP contribution in [-0.2, 0) is 4.74 Å². The molecule has 3 saturated carbocycles. The third kappa shape index (κ3) is 6.13. The Bertz CT molecular complexity index is 790. The molecule has 0 aliphatic heterocycles. The normalized spacial score (nSPS) is 35.9. The Morgan fingerprint density at radius 1 is 1.21 bits per heavy atom. The average Bonchev–Trinajstić information content (AvgIpc) is 3.17. The molecule has 0 aromatic heterocycles. The van der Waals surface area contributed by atoms with Crippen LogP contribution < -0.4 is 0 Å². The van der Waals surface area contributed by atoms with E-state index in [4.69, 9.17) is 4.74 Å². The van der Waals surface area contributed by atoms with Crippen molar-refractivity contribution in [2.24, 2.45) is 23.2 Å². The Labute approximate surface area is 207 Å². The third-order valence-corrected chi connectivity index (χ3v) is 9.28. The molecule has 0 spiro atoms. The summed E-state index contributed by atoms with van der Waals surface area (Å²) in [6.45, 7) is 13.9. The quantitative estimate of drug-likeness (QED) is 0.289. The van der Waals surface area contributed by atoms with Crippen LogP contribution >= 0.6 is 0 Å². The number of rotatable bonds is 9. The van der Waals surface area contributed by atoms with E-state index in [1.54, 1.807) is 0 Å². The summed E-state index contributed by atoms with van der Waals surface area (Å²) in [5.41, 5.74) is 2.90. The number of ether oxygens (including phenoxy) is 1. The van der Waals surface area contributed by atoms with Crippen LogP contribution in [0.15, 0.2) is 47.6 Å². The molecule has 0 saturated heterocycles. The van der Waals surface area contributed by atoms with E-state index >= 15 is 0 Å². The van der Waals surface area contributed by atoms with Gasteiger partial charge in [0.25, 0.3) is 0 Å². The van der Waals surface area contributed by atoms with E-state index in [1.165, 1.54) is 31.3 Å². The fourth-order valence-electron chi connectivity index (χ4n) is 6.78. The van der Waals surface area contributed by atoms with Gasteiger partial charge in [-0.2, -0.15) is 0 Å².